The summed E-state index contributed by atoms with van der Waals surface area (Å²) in [5, 5.41) is 5.35. The molecule has 0 spiro atoms. The lowest BCUT2D eigenvalue weighted by Gasteiger charge is -2.11. The number of hydrogen-bond donors (Lipinski definition) is 3. The number of nitrogens with zero attached hydrogens (tertiary/aromatic N) is 2. The number of aromatic nitrogens is 2. The number of nitrogen functional groups attached to an aromatic ring is 1. The number of anilines is 3. The predicted octanol–water partition coefficient (Wildman–Crippen LogP) is 2.35. The lowest BCUT2D eigenvalue weighted by Crippen LogP contribution is -2.18. The Morgan fingerprint density at radius 3 is 2.73 bits per heavy atom. The molecule has 0 aliphatic rings. The van der Waals surface area contributed by atoms with E-state index in [9.17, 15) is 13.6 Å². The molecule has 0 atom stereocenters. The number of amides is 1. The fourth-order valence-corrected chi connectivity index (χ4v) is 2.03. The normalized spacial score (nSPS) is 10.4. The van der Waals surface area contributed by atoms with Crippen LogP contribution in [0.3, 0.4) is 0 Å². The van der Waals surface area contributed by atoms with Gasteiger partial charge in [-0.05, 0) is 18.4 Å². The minimum atomic E-state index is -1.03. The van der Waals surface area contributed by atoms with Crippen LogP contribution in [-0.4, -0.2) is 29.2 Å². The quantitative estimate of drug-likeness (QED) is 0.454. The van der Waals surface area contributed by atoms with Gasteiger partial charge in [0.2, 0.25) is 0 Å². The fourth-order valence-electron chi connectivity index (χ4n) is 1.68. The number of halogens is 2. The molecule has 0 radical (unpaired) electrons. The number of carbonyl (C=O) groups is 1. The second-order valence-electron chi connectivity index (χ2n) is 4.15. The van der Waals surface area contributed by atoms with Gasteiger partial charge in [0.15, 0.2) is 11.0 Å². The summed E-state index contributed by atoms with van der Waals surface area (Å²) >= 11 is 1.30. The molecule has 0 aliphatic heterocycles. The predicted molar refractivity (Wildman–Crippen MR) is 82.1 cm³/mol. The van der Waals surface area contributed by atoms with Crippen LogP contribution >= 0.6 is 11.8 Å². The molecule has 1 amide bonds. The summed E-state index contributed by atoms with van der Waals surface area (Å²) in [5.74, 6) is -2.45. The molecule has 1 heterocycles. The van der Waals surface area contributed by atoms with Gasteiger partial charge < -0.3 is 16.4 Å². The molecule has 2 rings (SSSR count). The Hall–Kier alpha value is -2.42. The number of nitrogens with one attached hydrogen (secondary N) is 2. The third-order valence-electron chi connectivity index (χ3n) is 2.79. The summed E-state index contributed by atoms with van der Waals surface area (Å²) in [7, 11) is 1.57. The molecule has 116 valence electrons. The Labute approximate surface area is 129 Å². The Balaban J connectivity index is 2.36. The maximum Gasteiger partial charge on any atom is 0.261 e. The van der Waals surface area contributed by atoms with Crippen LogP contribution in [0.2, 0.25) is 0 Å². The summed E-state index contributed by atoms with van der Waals surface area (Å²) in [6.45, 7) is 0. The molecule has 22 heavy (non-hydrogen) atoms. The molecular weight excluding hydrogens is 312 g/mol. The molecule has 0 aliphatic carbocycles. The van der Waals surface area contributed by atoms with Crippen molar-refractivity contribution in [3.05, 3.63) is 35.5 Å². The first-order valence-electron chi connectivity index (χ1n) is 6.11. The van der Waals surface area contributed by atoms with E-state index in [1.807, 2.05) is 0 Å². The van der Waals surface area contributed by atoms with Gasteiger partial charge in [0.25, 0.3) is 5.91 Å². The standard InChI is InChI=1S/C13H13F2N5OS/c1-17-11-6(5-18-13(20-11)22-2)12(21)19-10-7(14)3-4-8(16)9(10)15/h3-5H,16H2,1-2H3,(H,19,21)(H,17,18,20). The van der Waals surface area contributed by atoms with Crippen molar-refractivity contribution in [2.24, 2.45) is 0 Å². The van der Waals surface area contributed by atoms with Crippen LogP contribution in [-0.2, 0) is 0 Å². The Kier molecular flexibility index (Phi) is 4.76. The first-order valence-corrected chi connectivity index (χ1v) is 7.34. The summed E-state index contributed by atoms with van der Waals surface area (Å²) in [6.07, 6.45) is 3.06. The second kappa shape index (κ2) is 6.56. The van der Waals surface area contributed by atoms with Gasteiger partial charge in [-0.25, -0.2) is 18.7 Å². The van der Waals surface area contributed by atoms with E-state index in [1.54, 1.807) is 13.3 Å². The van der Waals surface area contributed by atoms with E-state index >= 15 is 0 Å². The van der Waals surface area contributed by atoms with Crippen molar-refractivity contribution in [2.45, 2.75) is 5.16 Å². The van der Waals surface area contributed by atoms with Gasteiger partial charge in [0.05, 0.1) is 5.69 Å². The van der Waals surface area contributed by atoms with E-state index < -0.39 is 23.2 Å². The van der Waals surface area contributed by atoms with Crippen molar-refractivity contribution < 1.29 is 13.6 Å². The van der Waals surface area contributed by atoms with Crippen molar-refractivity contribution in [1.29, 1.82) is 0 Å². The number of benzene rings is 1. The molecule has 2 aromatic rings. The number of carbonyl (C=O) groups excluding carboxylic acids is 1. The average Bonchev–Trinajstić information content (AvgIpc) is 2.54. The van der Waals surface area contributed by atoms with Gasteiger partial charge in [0, 0.05) is 13.2 Å². The molecule has 4 N–H and O–H groups in total. The first-order chi connectivity index (χ1) is 10.5. The molecule has 1 aromatic carbocycles. The molecule has 6 nitrogen and oxygen atoms in total. The van der Waals surface area contributed by atoms with Crippen LogP contribution in [0.15, 0.2) is 23.5 Å². The monoisotopic (exact) mass is 325 g/mol. The van der Waals surface area contributed by atoms with Crippen molar-refractivity contribution in [1.82, 2.24) is 9.97 Å². The Morgan fingerprint density at radius 1 is 1.36 bits per heavy atom. The largest absolute Gasteiger partial charge is 0.396 e. The molecule has 0 saturated carbocycles. The second-order valence-corrected chi connectivity index (χ2v) is 4.92. The first kappa shape index (κ1) is 16.0. The zero-order valence-electron chi connectivity index (χ0n) is 11.8. The highest BCUT2D eigenvalue weighted by Gasteiger charge is 2.19. The van der Waals surface area contributed by atoms with Crippen molar-refractivity contribution in [3.63, 3.8) is 0 Å². The van der Waals surface area contributed by atoms with Gasteiger partial charge in [-0.3, -0.25) is 4.79 Å². The molecular formula is C13H13F2N5OS. The molecule has 0 unspecified atom stereocenters. The minimum absolute atomic E-state index is 0.0570. The number of nitrogens with two attached hydrogens (primary N) is 1. The fraction of sp³-hybridized carbons (Fsp3) is 0.154. The maximum atomic E-state index is 13.8. The zero-order valence-corrected chi connectivity index (χ0v) is 12.6. The van der Waals surface area contributed by atoms with Crippen molar-refractivity contribution in [3.8, 4) is 0 Å². The van der Waals surface area contributed by atoms with Crippen LogP contribution < -0.4 is 16.4 Å². The van der Waals surface area contributed by atoms with E-state index in [1.165, 1.54) is 18.0 Å². The summed E-state index contributed by atoms with van der Waals surface area (Å²) in [5.41, 5.74) is 4.55. The summed E-state index contributed by atoms with van der Waals surface area (Å²) in [4.78, 5) is 20.3. The summed E-state index contributed by atoms with van der Waals surface area (Å²) < 4.78 is 27.5. The maximum absolute atomic E-state index is 13.8. The molecule has 9 heteroatoms. The van der Waals surface area contributed by atoms with Crippen LogP contribution in [0.1, 0.15) is 10.4 Å². The van der Waals surface area contributed by atoms with Gasteiger partial charge in [-0.15, -0.1) is 0 Å². The van der Waals surface area contributed by atoms with E-state index in [0.29, 0.717) is 5.16 Å². The molecule has 0 saturated heterocycles. The zero-order chi connectivity index (χ0) is 16.3. The van der Waals surface area contributed by atoms with Gasteiger partial charge in [0.1, 0.15) is 22.9 Å². The number of hydrogen-bond acceptors (Lipinski definition) is 6. The summed E-state index contributed by atoms with van der Waals surface area (Å²) in [6, 6.07) is 2.05. The molecule has 0 bridgehead atoms. The SMILES string of the molecule is CNc1nc(SC)ncc1C(=O)Nc1c(F)ccc(N)c1F. The smallest absolute Gasteiger partial charge is 0.261 e. The van der Waals surface area contributed by atoms with E-state index in [4.69, 9.17) is 5.73 Å². The number of thioether (sulfide) groups is 1. The van der Waals surface area contributed by atoms with Gasteiger partial charge in [-0.1, -0.05) is 11.8 Å². The lowest BCUT2D eigenvalue weighted by atomic mass is 10.2. The lowest BCUT2D eigenvalue weighted by molar-refractivity contribution is 0.102. The third-order valence-corrected chi connectivity index (χ3v) is 3.35. The molecule has 1 aromatic heterocycles. The van der Waals surface area contributed by atoms with Crippen LogP contribution in [0.4, 0.5) is 26.0 Å². The van der Waals surface area contributed by atoms with E-state index in [2.05, 4.69) is 20.6 Å². The minimum Gasteiger partial charge on any atom is -0.396 e. The average molecular weight is 325 g/mol. The van der Waals surface area contributed by atoms with E-state index in [0.717, 1.165) is 12.1 Å². The van der Waals surface area contributed by atoms with Crippen molar-refractivity contribution >= 4 is 34.9 Å². The molecule has 0 fully saturated rings. The number of rotatable bonds is 4. The van der Waals surface area contributed by atoms with E-state index in [-0.39, 0.29) is 17.1 Å². The van der Waals surface area contributed by atoms with Gasteiger partial charge >= 0.3 is 0 Å². The van der Waals surface area contributed by atoms with Crippen molar-refractivity contribution in [2.75, 3.05) is 29.7 Å². The van der Waals surface area contributed by atoms with Gasteiger partial charge in [-0.2, -0.15) is 0 Å². The Bertz CT molecular complexity index is 726. The topological polar surface area (TPSA) is 92.9 Å². The Morgan fingerprint density at radius 2 is 2.09 bits per heavy atom. The third kappa shape index (κ3) is 3.08. The highest BCUT2D eigenvalue weighted by molar-refractivity contribution is 7.98. The van der Waals surface area contributed by atoms with Crippen LogP contribution in [0.25, 0.3) is 0 Å². The van der Waals surface area contributed by atoms with Crippen LogP contribution in [0.5, 0.6) is 0 Å². The highest BCUT2D eigenvalue weighted by atomic mass is 32.2. The van der Waals surface area contributed by atoms with Crippen LogP contribution in [0, 0.1) is 11.6 Å². The highest BCUT2D eigenvalue weighted by Crippen LogP contribution is 2.25.